The number of carbonyl (C=O) groups excluding carboxylic acids is 1. The molecule has 0 aliphatic carbocycles. The highest BCUT2D eigenvalue weighted by atomic mass is 35.5. The molecule has 4 nitrogen and oxygen atoms in total. The maximum Gasteiger partial charge on any atom is 0.336 e. The average molecular weight is 369 g/mol. The average Bonchev–Trinajstić information content (AvgIpc) is 2.61. The molecule has 0 radical (unpaired) electrons. The Kier molecular flexibility index (Phi) is 5.24. The third-order valence-electron chi connectivity index (χ3n) is 4.15. The van der Waals surface area contributed by atoms with E-state index in [0.29, 0.717) is 16.2 Å². The first-order valence-corrected chi connectivity index (χ1v) is 8.45. The van der Waals surface area contributed by atoms with E-state index in [1.165, 1.54) is 12.1 Å². The zero-order valence-corrected chi connectivity index (χ0v) is 15.2. The largest absolute Gasteiger partial charge is 0.458 e. The number of carbonyl (C=O) groups is 1. The highest BCUT2D eigenvalue weighted by molar-refractivity contribution is 6.30. The van der Waals surface area contributed by atoms with Crippen LogP contribution < -0.4 is 5.63 Å². The van der Waals surface area contributed by atoms with Crippen LogP contribution in [0.25, 0.3) is 17.0 Å². The summed E-state index contributed by atoms with van der Waals surface area (Å²) >= 11 is 5.91. The van der Waals surface area contributed by atoms with Gasteiger partial charge in [-0.15, -0.1) is 0 Å². The number of fused-ring (bicyclic) bond motifs is 1. The first kappa shape index (κ1) is 18.0. The summed E-state index contributed by atoms with van der Waals surface area (Å²) in [6.07, 6.45) is 2.95. The van der Waals surface area contributed by atoms with Gasteiger partial charge in [0.2, 0.25) is 0 Å². The third-order valence-corrected chi connectivity index (χ3v) is 4.38. The van der Waals surface area contributed by atoms with Crippen LogP contribution in [0.4, 0.5) is 0 Å². The summed E-state index contributed by atoms with van der Waals surface area (Å²) in [5.74, 6) is -0.504. The number of esters is 1. The van der Waals surface area contributed by atoms with E-state index in [1.807, 2.05) is 32.0 Å². The molecule has 132 valence electrons. The standard InChI is InChI=1S/C21H17ClO4/c1-13-6-8-18-16(11-20(24)26-21(18)14(13)2)12-25-19(23)9-7-15-4-3-5-17(22)10-15/h3-11H,12H2,1-2H3. The monoisotopic (exact) mass is 368 g/mol. The van der Waals surface area contributed by atoms with Gasteiger partial charge in [-0.05, 0) is 48.7 Å². The summed E-state index contributed by atoms with van der Waals surface area (Å²) in [5.41, 5.74) is 3.40. The number of halogens is 1. The maximum absolute atomic E-state index is 12.0. The number of benzene rings is 2. The number of ether oxygens (including phenoxy) is 1. The molecule has 2 aromatic carbocycles. The van der Waals surface area contributed by atoms with Gasteiger partial charge >= 0.3 is 11.6 Å². The molecular formula is C21H17ClO4. The van der Waals surface area contributed by atoms with Crippen LogP contribution in [-0.2, 0) is 16.1 Å². The predicted molar refractivity (Wildman–Crippen MR) is 102 cm³/mol. The lowest BCUT2D eigenvalue weighted by atomic mass is 10.0. The van der Waals surface area contributed by atoms with E-state index >= 15 is 0 Å². The molecular weight excluding hydrogens is 352 g/mol. The second-order valence-electron chi connectivity index (χ2n) is 5.97. The zero-order chi connectivity index (χ0) is 18.7. The Bertz CT molecular complexity index is 1060. The lowest BCUT2D eigenvalue weighted by Crippen LogP contribution is -2.06. The molecule has 0 amide bonds. The van der Waals surface area contributed by atoms with Crippen molar-refractivity contribution in [1.82, 2.24) is 0 Å². The van der Waals surface area contributed by atoms with Crippen LogP contribution in [0.5, 0.6) is 0 Å². The number of rotatable bonds is 4. The number of hydrogen-bond acceptors (Lipinski definition) is 4. The molecule has 0 spiro atoms. The molecule has 26 heavy (non-hydrogen) atoms. The minimum atomic E-state index is -0.504. The van der Waals surface area contributed by atoms with Crippen LogP contribution in [0.1, 0.15) is 22.3 Å². The Balaban J connectivity index is 1.78. The highest BCUT2D eigenvalue weighted by Crippen LogP contribution is 2.23. The number of aryl methyl sites for hydroxylation is 2. The molecule has 1 heterocycles. The van der Waals surface area contributed by atoms with Crippen molar-refractivity contribution < 1.29 is 13.9 Å². The Labute approximate surface area is 155 Å². The van der Waals surface area contributed by atoms with Crippen LogP contribution in [0, 0.1) is 13.8 Å². The summed E-state index contributed by atoms with van der Waals surface area (Å²) in [6.45, 7) is 3.83. The van der Waals surface area contributed by atoms with Gasteiger partial charge in [-0.1, -0.05) is 35.9 Å². The molecule has 1 aromatic heterocycles. The second-order valence-corrected chi connectivity index (χ2v) is 6.41. The zero-order valence-electron chi connectivity index (χ0n) is 14.4. The topological polar surface area (TPSA) is 56.5 Å². The van der Waals surface area contributed by atoms with Gasteiger partial charge in [0.25, 0.3) is 0 Å². The third kappa shape index (κ3) is 4.03. The molecule has 0 bridgehead atoms. The first-order valence-electron chi connectivity index (χ1n) is 8.07. The van der Waals surface area contributed by atoms with E-state index in [0.717, 1.165) is 22.1 Å². The predicted octanol–water partition coefficient (Wildman–Crippen LogP) is 4.82. The minimum absolute atomic E-state index is 0.0106. The molecule has 5 heteroatoms. The summed E-state index contributed by atoms with van der Waals surface area (Å²) in [7, 11) is 0. The van der Waals surface area contributed by atoms with Gasteiger partial charge in [-0.2, -0.15) is 0 Å². The van der Waals surface area contributed by atoms with Crippen molar-refractivity contribution in [2.24, 2.45) is 0 Å². The van der Waals surface area contributed by atoms with Crippen LogP contribution in [0.3, 0.4) is 0 Å². The fourth-order valence-electron chi connectivity index (χ4n) is 2.62. The fraction of sp³-hybridized carbons (Fsp3) is 0.143. The van der Waals surface area contributed by atoms with Gasteiger partial charge in [0.15, 0.2) is 0 Å². The minimum Gasteiger partial charge on any atom is -0.458 e. The van der Waals surface area contributed by atoms with Crippen LogP contribution >= 0.6 is 11.6 Å². The lowest BCUT2D eigenvalue weighted by Gasteiger charge is -2.09. The van der Waals surface area contributed by atoms with Crippen molar-refractivity contribution in [2.75, 3.05) is 0 Å². The molecule has 0 aliphatic heterocycles. The quantitative estimate of drug-likeness (QED) is 0.376. The van der Waals surface area contributed by atoms with Gasteiger partial charge in [0.1, 0.15) is 12.2 Å². The van der Waals surface area contributed by atoms with E-state index in [2.05, 4.69) is 0 Å². The SMILES string of the molecule is Cc1ccc2c(COC(=O)C=Cc3cccc(Cl)c3)cc(=O)oc2c1C. The number of hydrogen-bond donors (Lipinski definition) is 0. The molecule has 0 saturated carbocycles. The van der Waals surface area contributed by atoms with E-state index < -0.39 is 11.6 Å². The van der Waals surface area contributed by atoms with E-state index in [9.17, 15) is 9.59 Å². The van der Waals surface area contributed by atoms with Crippen molar-refractivity contribution in [2.45, 2.75) is 20.5 Å². The van der Waals surface area contributed by atoms with Crippen molar-refractivity contribution >= 4 is 34.6 Å². The summed E-state index contributed by atoms with van der Waals surface area (Å²) < 4.78 is 10.6. The molecule has 0 fully saturated rings. The summed E-state index contributed by atoms with van der Waals surface area (Å²) in [6, 6.07) is 12.3. The lowest BCUT2D eigenvalue weighted by molar-refractivity contribution is -0.138. The van der Waals surface area contributed by atoms with Crippen molar-refractivity contribution in [3.63, 3.8) is 0 Å². The summed E-state index contributed by atoms with van der Waals surface area (Å²) in [5, 5.41) is 1.35. The Morgan fingerprint density at radius 1 is 1.19 bits per heavy atom. The fourth-order valence-corrected chi connectivity index (χ4v) is 2.81. The molecule has 0 unspecified atom stereocenters. The van der Waals surface area contributed by atoms with Crippen LogP contribution in [-0.4, -0.2) is 5.97 Å². The normalized spacial score (nSPS) is 11.2. The van der Waals surface area contributed by atoms with Crippen molar-refractivity contribution in [3.8, 4) is 0 Å². The second kappa shape index (κ2) is 7.58. The summed E-state index contributed by atoms with van der Waals surface area (Å²) in [4.78, 5) is 23.8. The molecule has 3 rings (SSSR count). The first-order chi connectivity index (χ1) is 12.4. The Morgan fingerprint density at radius 3 is 2.77 bits per heavy atom. The van der Waals surface area contributed by atoms with Gasteiger partial charge in [-0.3, -0.25) is 0 Å². The van der Waals surface area contributed by atoms with Crippen LogP contribution in [0.15, 0.2) is 57.8 Å². The van der Waals surface area contributed by atoms with E-state index in [-0.39, 0.29) is 6.61 Å². The van der Waals surface area contributed by atoms with Crippen LogP contribution in [0.2, 0.25) is 5.02 Å². The Hall–Kier alpha value is -2.85. The molecule has 0 aliphatic rings. The van der Waals surface area contributed by atoms with E-state index in [1.54, 1.807) is 24.3 Å². The smallest absolute Gasteiger partial charge is 0.336 e. The Morgan fingerprint density at radius 2 is 2.00 bits per heavy atom. The maximum atomic E-state index is 12.0. The van der Waals surface area contributed by atoms with Gasteiger partial charge in [-0.25, -0.2) is 9.59 Å². The van der Waals surface area contributed by atoms with Gasteiger partial charge in [0, 0.05) is 28.1 Å². The van der Waals surface area contributed by atoms with E-state index in [4.69, 9.17) is 20.8 Å². The molecule has 0 saturated heterocycles. The van der Waals surface area contributed by atoms with Gasteiger partial charge < -0.3 is 9.15 Å². The van der Waals surface area contributed by atoms with Gasteiger partial charge in [0.05, 0.1) is 0 Å². The van der Waals surface area contributed by atoms with Crippen molar-refractivity contribution in [3.05, 3.63) is 86.2 Å². The highest BCUT2D eigenvalue weighted by Gasteiger charge is 2.10. The molecule has 0 atom stereocenters. The van der Waals surface area contributed by atoms with Crippen molar-refractivity contribution in [1.29, 1.82) is 0 Å². The molecule has 3 aromatic rings. The molecule has 0 N–H and O–H groups in total.